The maximum Gasteiger partial charge on any atom is 0.387 e. The molecule has 0 aliphatic rings. The number of hydrogen-bond donors (Lipinski definition) is 3. The highest BCUT2D eigenvalue weighted by Crippen LogP contribution is 2.29. The van der Waals surface area contributed by atoms with Crippen LogP contribution in [-0.4, -0.2) is 34.4 Å². The molecule has 3 rings (SSSR count). The van der Waals surface area contributed by atoms with Crippen molar-refractivity contribution in [2.24, 2.45) is 0 Å². The number of nitrogens with zero attached hydrogens (tertiary/aromatic N) is 2. The van der Waals surface area contributed by atoms with Gasteiger partial charge in [-0.3, -0.25) is 9.59 Å². The van der Waals surface area contributed by atoms with E-state index in [1.165, 1.54) is 36.5 Å². The maximum atomic E-state index is 12.5. The number of ether oxygens (including phenoxy) is 1. The fourth-order valence-corrected chi connectivity index (χ4v) is 3.97. The normalized spacial score (nSPS) is 10.6. The van der Waals surface area contributed by atoms with Crippen LogP contribution >= 0.6 is 23.1 Å². The summed E-state index contributed by atoms with van der Waals surface area (Å²) < 4.78 is 29.9. The molecule has 0 unspecified atom stereocenters. The summed E-state index contributed by atoms with van der Waals surface area (Å²) in [6.07, 6.45) is 0. The summed E-state index contributed by atoms with van der Waals surface area (Å²) in [6, 6.07) is 13.1. The Balaban J connectivity index is 1.54. The van der Waals surface area contributed by atoms with E-state index in [9.17, 15) is 18.4 Å². The van der Waals surface area contributed by atoms with Gasteiger partial charge in [-0.1, -0.05) is 41.3 Å². The van der Waals surface area contributed by atoms with Gasteiger partial charge in [0.2, 0.25) is 16.9 Å². The molecule has 31 heavy (non-hydrogen) atoms. The van der Waals surface area contributed by atoms with Crippen LogP contribution in [0.5, 0.6) is 5.75 Å². The number of alkyl halides is 2. The third kappa shape index (κ3) is 7.19. The van der Waals surface area contributed by atoms with Gasteiger partial charge < -0.3 is 20.7 Å². The van der Waals surface area contributed by atoms with Gasteiger partial charge in [-0.25, -0.2) is 0 Å². The zero-order valence-corrected chi connectivity index (χ0v) is 17.7. The Hall–Kier alpha value is -3.25. The molecule has 1 aromatic heterocycles. The monoisotopic (exact) mass is 465 g/mol. The largest absolute Gasteiger partial charge is 0.433 e. The minimum atomic E-state index is -2.99. The van der Waals surface area contributed by atoms with E-state index in [0.29, 0.717) is 20.8 Å². The summed E-state index contributed by atoms with van der Waals surface area (Å²) in [5, 5.41) is 16.9. The first-order valence-electron chi connectivity index (χ1n) is 8.84. The predicted molar refractivity (Wildman–Crippen MR) is 116 cm³/mol. The molecule has 0 saturated carbocycles. The van der Waals surface area contributed by atoms with Crippen LogP contribution in [0, 0.1) is 0 Å². The van der Waals surface area contributed by atoms with Gasteiger partial charge in [0.1, 0.15) is 5.75 Å². The fraction of sp³-hybridized carbons (Fsp3) is 0.158. The quantitative estimate of drug-likeness (QED) is 0.398. The minimum Gasteiger partial charge on any atom is -0.433 e. The number of carbonyl (C=O) groups is 2. The van der Waals surface area contributed by atoms with Crippen molar-refractivity contribution in [3.63, 3.8) is 0 Å². The Bertz CT molecular complexity index is 1060. The Morgan fingerprint density at radius 3 is 2.65 bits per heavy atom. The second-order valence-corrected chi connectivity index (χ2v) is 8.17. The number of halogens is 2. The Morgan fingerprint density at radius 1 is 1.10 bits per heavy atom. The molecule has 0 radical (unpaired) electrons. The Labute approximate surface area is 184 Å². The van der Waals surface area contributed by atoms with E-state index in [-0.39, 0.29) is 23.1 Å². The van der Waals surface area contributed by atoms with E-state index in [0.717, 1.165) is 11.8 Å². The number of thioether (sulfide) groups is 1. The van der Waals surface area contributed by atoms with Crippen LogP contribution in [0.4, 0.5) is 31.0 Å². The van der Waals surface area contributed by atoms with E-state index < -0.39 is 12.5 Å². The maximum absolute atomic E-state index is 12.5. The van der Waals surface area contributed by atoms with E-state index in [2.05, 4.69) is 30.9 Å². The van der Waals surface area contributed by atoms with Crippen LogP contribution in [-0.2, 0) is 9.59 Å². The molecule has 0 spiro atoms. The van der Waals surface area contributed by atoms with Crippen molar-refractivity contribution in [1.29, 1.82) is 0 Å². The van der Waals surface area contributed by atoms with Crippen molar-refractivity contribution in [2.75, 3.05) is 21.7 Å². The van der Waals surface area contributed by atoms with Gasteiger partial charge in [-0.2, -0.15) is 8.78 Å². The second kappa shape index (κ2) is 10.7. The summed E-state index contributed by atoms with van der Waals surface area (Å²) in [5.41, 5.74) is 1.52. The van der Waals surface area contributed by atoms with Crippen LogP contribution in [0.25, 0.3) is 0 Å². The zero-order valence-electron chi connectivity index (χ0n) is 16.1. The third-order valence-corrected chi connectivity index (χ3v) is 5.52. The summed E-state index contributed by atoms with van der Waals surface area (Å²) in [4.78, 5) is 23.3. The molecule has 2 aromatic carbocycles. The van der Waals surface area contributed by atoms with Gasteiger partial charge in [0.25, 0.3) is 0 Å². The van der Waals surface area contributed by atoms with E-state index in [1.807, 2.05) is 6.07 Å². The number of hydrogen-bond acceptors (Lipinski definition) is 8. The number of benzene rings is 2. The van der Waals surface area contributed by atoms with Crippen molar-refractivity contribution in [2.45, 2.75) is 17.9 Å². The van der Waals surface area contributed by atoms with Crippen molar-refractivity contribution < 1.29 is 23.1 Å². The SMILES string of the molecule is CC(=O)Nc1cccc(Nc2nnc(SCC(=O)Nc3ccccc3OC(F)F)s2)c1. The molecule has 162 valence electrons. The highest BCUT2D eigenvalue weighted by atomic mass is 32.2. The number of nitrogens with one attached hydrogen (secondary N) is 3. The molecule has 0 aliphatic carbocycles. The lowest BCUT2D eigenvalue weighted by atomic mass is 10.3. The summed E-state index contributed by atoms with van der Waals surface area (Å²) in [7, 11) is 0. The van der Waals surface area contributed by atoms with E-state index >= 15 is 0 Å². The van der Waals surface area contributed by atoms with Gasteiger partial charge in [0, 0.05) is 18.3 Å². The molecule has 0 fully saturated rings. The molecule has 0 bridgehead atoms. The molecule has 3 aromatic rings. The molecule has 0 aliphatic heterocycles. The smallest absolute Gasteiger partial charge is 0.387 e. The van der Waals surface area contributed by atoms with Crippen LogP contribution in [0.3, 0.4) is 0 Å². The molecular formula is C19H17F2N5O3S2. The molecule has 0 saturated heterocycles. The first-order chi connectivity index (χ1) is 14.9. The first-order valence-corrected chi connectivity index (χ1v) is 10.6. The van der Waals surface area contributed by atoms with Crippen LogP contribution in [0.1, 0.15) is 6.92 Å². The summed E-state index contributed by atoms with van der Waals surface area (Å²) >= 11 is 2.40. The van der Waals surface area contributed by atoms with Crippen molar-refractivity contribution in [3.8, 4) is 5.75 Å². The highest BCUT2D eigenvalue weighted by Gasteiger charge is 2.13. The van der Waals surface area contributed by atoms with Crippen LogP contribution < -0.4 is 20.7 Å². The standard InChI is InChI=1S/C19H17F2N5O3S2/c1-11(27)22-12-5-4-6-13(9-12)23-18-25-26-19(31-18)30-10-16(28)24-14-7-2-3-8-15(14)29-17(20)21/h2-9,17H,10H2,1H3,(H,22,27)(H,23,25)(H,24,28). The Morgan fingerprint density at radius 2 is 1.87 bits per heavy atom. The molecular weight excluding hydrogens is 448 g/mol. The van der Waals surface area contributed by atoms with E-state index in [1.54, 1.807) is 24.3 Å². The van der Waals surface area contributed by atoms with E-state index in [4.69, 9.17) is 0 Å². The molecule has 3 N–H and O–H groups in total. The van der Waals surface area contributed by atoms with Gasteiger partial charge in [0.05, 0.1) is 11.4 Å². The van der Waals surface area contributed by atoms with Crippen LogP contribution in [0.15, 0.2) is 52.9 Å². The predicted octanol–water partition coefficient (Wildman–Crippen LogP) is 4.57. The number of rotatable bonds is 9. The lowest BCUT2D eigenvalue weighted by Gasteiger charge is -2.11. The minimum absolute atomic E-state index is 0.00959. The molecule has 12 heteroatoms. The fourth-order valence-electron chi connectivity index (χ4n) is 2.40. The number of aromatic nitrogens is 2. The van der Waals surface area contributed by atoms with Gasteiger partial charge >= 0.3 is 6.61 Å². The van der Waals surface area contributed by atoms with Gasteiger partial charge in [-0.05, 0) is 30.3 Å². The van der Waals surface area contributed by atoms with Crippen molar-refractivity contribution >= 4 is 57.1 Å². The zero-order chi connectivity index (χ0) is 22.2. The van der Waals surface area contributed by atoms with Crippen molar-refractivity contribution in [3.05, 3.63) is 48.5 Å². The second-order valence-electron chi connectivity index (χ2n) is 5.97. The molecule has 0 atom stereocenters. The van der Waals surface area contributed by atoms with Gasteiger partial charge in [-0.15, -0.1) is 10.2 Å². The summed E-state index contributed by atoms with van der Waals surface area (Å²) in [6.45, 7) is -1.56. The topological polar surface area (TPSA) is 105 Å². The average molecular weight is 466 g/mol. The van der Waals surface area contributed by atoms with Gasteiger partial charge in [0.15, 0.2) is 4.34 Å². The van der Waals surface area contributed by atoms with Crippen molar-refractivity contribution in [1.82, 2.24) is 10.2 Å². The van der Waals surface area contributed by atoms with Crippen LogP contribution in [0.2, 0.25) is 0 Å². The lowest BCUT2D eigenvalue weighted by molar-refractivity contribution is -0.114. The number of amides is 2. The summed E-state index contributed by atoms with van der Waals surface area (Å²) in [5.74, 6) is -0.674. The average Bonchev–Trinajstić information content (AvgIpc) is 3.14. The molecule has 8 nitrogen and oxygen atoms in total. The lowest BCUT2D eigenvalue weighted by Crippen LogP contribution is -2.15. The molecule has 2 amide bonds. The highest BCUT2D eigenvalue weighted by molar-refractivity contribution is 8.01. The third-order valence-electron chi connectivity index (χ3n) is 3.54. The Kier molecular flexibility index (Phi) is 7.73. The number of anilines is 4. The number of carbonyl (C=O) groups excluding carboxylic acids is 2. The number of para-hydroxylation sites is 2. The first kappa shape index (κ1) is 22.4. The molecule has 1 heterocycles.